The molecule has 0 fully saturated rings. The fourth-order valence-corrected chi connectivity index (χ4v) is 2.66. The van der Waals surface area contributed by atoms with E-state index < -0.39 is 0 Å². The van der Waals surface area contributed by atoms with Crippen molar-refractivity contribution in [3.8, 4) is 0 Å². The fourth-order valence-electron chi connectivity index (χ4n) is 2.20. The lowest BCUT2D eigenvalue weighted by Crippen LogP contribution is -2.37. The highest BCUT2D eigenvalue weighted by atomic mass is 35.5. The number of hydrogen-bond acceptors (Lipinski definition) is 2. The van der Waals surface area contributed by atoms with Gasteiger partial charge in [0, 0.05) is 17.6 Å². The highest BCUT2D eigenvalue weighted by molar-refractivity contribution is 6.36. The average molecular weight is 351 g/mol. The minimum absolute atomic E-state index is 0.0983. The van der Waals surface area contributed by atoms with Crippen LogP contribution in [0.25, 0.3) is 0 Å². The highest BCUT2D eigenvalue weighted by Crippen LogP contribution is 2.25. The topological polar surface area (TPSA) is 32.3 Å². The molecular weight excluding hydrogens is 331 g/mol. The zero-order valence-electron chi connectivity index (χ0n) is 13.2. The number of amides is 1. The predicted molar refractivity (Wildman–Crippen MR) is 97.1 cm³/mol. The van der Waals surface area contributed by atoms with Crippen LogP contribution in [0.3, 0.4) is 0 Å². The van der Waals surface area contributed by atoms with E-state index in [4.69, 9.17) is 23.2 Å². The first-order valence-corrected chi connectivity index (χ1v) is 8.24. The van der Waals surface area contributed by atoms with Gasteiger partial charge in [-0.2, -0.15) is 0 Å². The lowest BCUT2D eigenvalue weighted by Gasteiger charge is -2.26. The zero-order chi connectivity index (χ0) is 16.8. The molecule has 2 aromatic carbocycles. The molecule has 0 aromatic heterocycles. The molecule has 0 aliphatic carbocycles. The standard InChI is InChI=1S/C18H20Cl2N2O/c1-13(2)22(11-14-6-4-3-5-7-14)12-18(23)21-17-9-8-15(19)10-16(17)20/h3-10,13H,11-12H2,1-2H3,(H,21,23). The van der Waals surface area contributed by atoms with E-state index in [0.717, 1.165) is 6.54 Å². The number of benzene rings is 2. The van der Waals surface area contributed by atoms with Crippen molar-refractivity contribution in [3.05, 3.63) is 64.1 Å². The Kier molecular flexibility index (Phi) is 6.46. The summed E-state index contributed by atoms with van der Waals surface area (Å²) in [4.78, 5) is 14.4. The Bertz CT molecular complexity index is 659. The van der Waals surface area contributed by atoms with Crippen LogP contribution in [-0.2, 0) is 11.3 Å². The van der Waals surface area contributed by atoms with Gasteiger partial charge in [-0.3, -0.25) is 9.69 Å². The van der Waals surface area contributed by atoms with E-state index in [9.17, 15) is 4.79 Å². The summed E-state index contributed by atoms with van der Waals surface area (Å²) in [7, 11) is 0. The third-order valence-corrected chi connectivity index (χ3v) is 4.06. The first kappa shape index (κ1) is 17.8. The fraction of sp³-hybridized carbons (Fsp3) is 0.278. The summed E-state index contributed by atoms with van der Waals surface area (Å²) >= 11 is 12.0. The Balaban J connectivity index is 2.00. The third kappa shape index (κ3) is 5.54. The lowest BCUT2D eigenvalue weighted by molar-refractivity contribution is -0.117. The average Bonchev–Trinajstić information content (AvgIpc) is 2.50. The summed E-state index contributed by atoms with van der Waals surface area (Å²) < 4.78 is 0. The summed E-state index contributed by atoms with van der Waals surface area (Å²) in [6, 6.07) is 15.4. The van der Waals surface area contributed by atoms with Crippen LogP contribution < -0.4 is 5.32 Å². The summed E-state index contributed by atoms with van der Waals surface area (Å²) in [5.74, 6) is -0.0983. The number of hydrogen-bond donors (Lipinski definition) is 1. The molecule has 0 atom stereocenters. The summed E-state index contributed by atoms with van der Waals surface area (Å²) in [5.41, 5.74) is 1.75. The van der Waals surface area contributed by atoms with Gasteiger partial charge in [-0.05, 0) is 37.6 Å². The molecule has 0 aliphatic heterocycles. The molecule has 0 radical (unpaired) electrons. The second-order valence-corrected chi connectivity index (χ2v) is 6.50. The Labute approximate surface area is 147 Å². The first-order chi connectivity index (χ1) is 11.0. The molecule has 0 spiro atoms. The Hall–Kier alpha value is -1.55. The summed E-state index contributed by atoms with van der Waals surface area (Å²) in [6.45, 7) is 5.17. The van der Waals surface area contributed by atoms with Gasteiger partial charge in [0.05, 0.1) is 17.3 Å². The maximum absolute atomic E-state index is 12.3. The van der Waals surface area contributed by atoms with Crippen molar-refractivity contribution in [3.63, 3.8) is 0 Å². The van der Waals surface area contributed by atoms with Crippen LogP contribution in [-0.4, -0.2) is 23.4 Å². The SMILES string of the molecule is CC(C)N(CC(=O)Nc1ccc(Cl)cc1Cl)Cc1ccccc1. The van der Waals surface area contributed by atoms with E-state index in [1.54, 1.807) is 18.2 Å². The Morgan fingerprint density at radius 2 is 1.83 bits per heavy atom. The number of anilines is 1. The van der Waals surface area contributed by atoms with E-state index in [1.165, 1.54) is 5.56 Å². The van der Waals surface area contributed by atoms with Gasteiger partial charge >= 0.3 is 0 Å². The number of carbonyl (C=O) groups is 1. The van der Waals surface area contributed by atoms with Gasteiger partial charge in [-0.25, -0.2) is 0 Å². The van der Waals surface area contributed by atoms with Gasteiger partial charge in [-0.1, -0.05) is 53.5 Å². The van der Waals surface area contributed by atoms with Crippen LogP contribution in [0.2, 0.25) is 10.0 Å². The number of nitrogens with one attached hydrogen (secondary N) is 1. The van der Waals surface area contributed by atoms with Crippen molar-refractivity contribution in [1.82, 2.24) is 4.90 Å². The van der Waals surface area contributed by atoms with Crippen molar-refractivity contribution < 1.29 is 4.79 Å². The molecule has 0 saturated heterocycles. The van der Waals surface area contributed by atoms with Gasteiger partial charge in [-0.15, -0.1) is 0 Å². The molecule has 0 bridgehead atoms. The first-order valence-electron chi connectivity index (χ1n) is 7.48. The summed E-state index contributed by atoms with van der Waals surface area (Å²) in [6.07, 6.45) is 0. The van der Waals surface area contributed by atoms with Crippen molar-refractivity contribution in [2.24, 2.45) is 0 Å². The number of carbonyl (C=O) groups excluding carboxylic acids is 1. The minimum Gasteiger partial charge on any atom is -0.324 e. The van der Waals surface area contributed by atoms with E-state index in [0.29, 0.717) is 22.3 Å². The minimum atomic E-state index is -0.0983. The van der Waals surface area contributed by atoms with E-state index in [2.05, 4.69) is 36.2 Å². The van der Waals surface area contributed by atoms with Crippen LogP contribution in [0.4, 0.5) is 5.69 Å². The molecule has 5 heteroatoms. The highest BCUT2D eigenvalue weighted by Gasteiger charge is 2.15. The number of rotatable bonds is 6. The molecule has 1 amide bonds. The van der Waals surface area contributed by atoms with E-state index in [1.807, 2.05) is 18.2 Å². The quantitative estimate of drug-likeness (QED) is 0.807. The van der Waals surface area contributed by atoms with Crippen molar-refractivity contribution in [2.75, 3.05) is 11.9 Å². The molecular formula is C18H20Cl2N2O. The predicted octanol–water partition coefficient (Wildman–Crippen LogP) is 4.84. The second kappa shape index (κ2) is 8.34. The van der Waals surface area contributed by atoms with Crippen molar-refractivity contribution in [2.45, 2.75) is 26.4 Å². The molecule has 1 N–H and O–H groups in total. The normalized spacial score (nSPS) is 11.0. The lowest BCUT2D eigenvalue weighted by atomic mass is 10.2. The molecule has 0 unspecified atom stereocenters. The maximum atomic E-state index is 12.3. The van der Waals surface area contributed by atoms with Gasteiger partial charge in [0.1, 0.15) is 0 Å². The van der Waals surface area contributed by atoms with Crippen molar-refractivity contribution in [1.29, 1.82) is 0 Å². The molecule has 3 nitrogen and oxygen atoms in total. The molecule has 122 valence electrons. The van der Waals surface area contributed by atoms with E-state index in [-0.39, 0.29) is 11.9 Å². The molecule has 23 heavy (non-hydrogen) atoms. The van der Waals surface area contributed by atoms with Gasteiger partial charge < -0.3 is 5.32 Å². The molecule has 2 aromatic rings. The Morgan fingerprint density at radius 3 is 2.43 bits per heavy atom. The van der Waals surface area contributed by atoms with Crippen LogP contribution in [0.5, 0.6) is 0 Å². The molecule has 0 saturated carbocycles. The monoisotopic (exact) mass is 350 g/mol. The molecule has 2 rings (SSSR count). The molecule has 0 aliphatic rings. The van der Waals surface area contributed by atoms with Gasteiger partial charge in [0.15, 0.2) is 0 Å². The largest absolute Gasteiger partial charge is 0.324 e. The third-order valence-electron chi connectivity index (χ3n) is 3.51. The van der Waals surface area contributed by atoms with Gasteiger partial charge in [0.25, 0.3) is 0 Å². The molecule has 0 heterocycles. The van der Waals surface area contributed by atoms with Crippen LogP contribution in [0.15, 0.2) is 48.5 Å². The van der Waals surface area contributed by atoms with Crippen LogP contribution >= 0.6 is 23.2 Å². The zero-order valence-corrected chi connectivity index (χ0v) is 14.7. The van der Waals surface area contributed by atoms with Crippen LogP contribution in [0, 0.1) is 0 Å². The Morgan fingerprint density at radius 1 is 1.13 bits per heavy atom. The van der Waals surface area contributed by atoms with Crippen LogP contribution in [0.1, 0.15) is 19.4 Å². The maximum Gasteiger partial charge on any atom is 0.238 e. The van der Waals surface area contributed by atoms with E-state index >= 15 is 0 Å². The van der Waals surface area contributed by atoms with Crippen molar-refractivity contribution >= 4 is 34.8 Å². The second-order valence-electron chi connectivity index (χ2n) is 5.66. The summed E-state index contributed by atoms with van der Waals surface area (Å²) in [5, 5.41) is 3.82. The number of halogens is 2. The van der Waals surface area contributed by atoms with Gasteiger partial charge in [0.2, 0.25) is 5.91 Å². The smallest absolute Gasteiger partial charge is 0.238 e. The number of nitrogens with zero attached hydrogens (tertiary/aromatic N) is 1.